The van der Waals surface area contributed by atoms with Crippen LogP contribution in [0.2, 0.25) is 0 Å². The zero-order valence-electron chi connectivity index (χ0n) is 15.7. The van der Waals surface area contributed by atoms with Crippen LogP contribution in [0.15, 0.2) is 52.3 Å². The lowest BCUT2D eigenvalue weighted by atomic mass is 10.1. The molecule has 0 atom stereocenters. The van der Waals surface area contributed by atoms with Gasteiger partial charge in [0, 0.05) is 18.2 Å². The molecule has 1 heterocycles. The highest BCUT2D eigenvalue weighted by molar-refractivity contribution is 7.90. The molecule has 1 saturated carbocycles. The first kappa shape index (κ1) is 20.5. The first-order valence-electron chi connectivity index (χ1n) is 9.22. The molecule has 0 radical (unpaired) electrons. The Balaban J connectivity index is 1.43. The topological polar surface area (TPSA) is 144 Å². The van der Waals surface area contributed by atoms with Crippen molar-refractivity contribution in [1.82, 2.24) is 9.62 Å². The van der Waals surface area contributed by atoms with Crippen molar-refractivity contribution in [2.75, 3.05) is 6.54 Å². The smallest absolute Gasteiger partial charge is 0.269 e. The lowest BCUT2D eigenvalue weighted by molar-refractivity contribution is 0.0863. The van der Waals surface area contributed by atoms with Crippen molar-refractivity contribution in [2.24, 2.45) is 5.14 Å². The predicted molar refractivity (Wildman–Crippen MR) is 107 cm³/mol. The fourth-order valence-corrected chi connectivity index (χ4v) is 5.68. The largest absolute Gasteiger partial charge is 0.352 e. The van der Waals surface area contributed by atoms with Gasteiger partial charge >= 0.3 is 0 Å². The molecule has 0 unspecified atom stereocenters. The monoisotopic (exact) mass is 449 g/mol. The Bertz CT molecular complexity index is 1250. The summed E-state index contributed by atoms with van der Waals surface area (Å²) in [5, 5.41) is 7.75. The number of primary sulfonamides is 1. The lowest BCUT2D eigenvalue weighted by Gasteiger charge is -2.13. The van der Waals surface area contributed by atoms with Gasteiger partial charge in [-0.25, -0.2) is 26.3 Å². The van der Waals surface area contributed by atoms with E-state index in [1.54, 1.807) is 12.1 Å². The molecule has 11 heteroatoms. The molecular formula is C19H19N3O6S2. The summed E-state index contributed by atoms with van der Waals surface area (Å²) in [6, 6.07) is 9.74. The number of rotatable bonds is 6. The van der Waals surface area contributed by atoms with Gasteiger partial charge in [0.05, 0.1) is 10.5 Å². The second-order valence-electron chi connectivity index (χ2n) is 7.24. The van der Waals surface area contributed by atoms with Crippen molar-refractivity contribution in [2.45, 2.75) is 35.1 Å². The van der Waals surface area contributed by atoms with E-state index >= 15 is 0 Å². The molecule has 1 aliphatic carbocycles. The molecule has 4 rings (SSSR count). The van der Waals surface area contributed by atoms with Gasteiger partial charge in [0.2, 0.25) is 10.0 Å². The Morgan fingerprint density at radius 2 is 1.80 bits per heavy atom. The maximum atomic E-state index is 12.7. The second kappa shape index (κ2) is 7.18. The normalized spacial score (nSPS) is 17.6. The van der Waals surface area contributed by atoms with Crippen LogP contribution in [0.1, 0.15) is 39.1 Å². The van der Waals surface area contributed by atoms with Gasteiger partial charge < -0.3 is 5.32 Å². The highest BCUT2D eigenvalue weighted by atomic mass is 32.2. The van der Waals surface area contributed by atoms with Crippen molar-refractivity contribution >= 4 is 31.9 Å². The number of carbonyl (C=O) groups excluding carboxylic acids is 2. The van der Waals surface area contributed by atoms with Crippen molar-refractivity contribution in [3.63, 3.8) is 0 Å². The summed E-state index contributed by atoms with van der Waals surface area (Å²) < 4.78 is 48.8. The summed E-state index contributed by atoms with van der Waals surface area (Å²) >= 11 is 0. The van der Waals surface area contributed by atoms with Crippen LogP contribution in [0.3, 0.4) is 0 Å². The maximum Gasteiger partial charge on any atom is 0.269 e. The van der Waals surface area contributed by atoms with Gasteiger partial charge in [-0.15, -0.1) is 0 Å². The van der Waals surface area contributed by atoms with Gasteiger partial charge in [-0.05, 0) is 55.2 Å². The molecule has 2 aromatic rings. The van der Waals surface area contributed by atoms with Crippen LogP contribution in [-0.4, -0.2) is 45.5 Å². The minimum atomic E-state index is -3.92. The van der Waals surface area contributed by atoms with Crippen LogP contribution in [0.4, 0.5) is 0 Å². The highest BCUT2D eigenvalue weighted by Crippen LogP contribution is 2.39. The van der Waals surface area contributed by atoms with E-state index in [2.05, 4.69) is 5.32 Å². The molecule has 0 aromatic heterocycles. The highest BCUT2D eigenvalue weighted by Gasteiger charge is 2.48. The third kappa shape index (κ3) is 3.71. The molecule has 3 N–H and O–H groups in total. The third-order valence-electron chi connectivity index (χ3n) is 5.04. The molecule has 0 saturated heterocycles. The number of fused-ring (bicyclic) bond motifs is 1. The molecule has 1 aliphatic heterocycles. The van der Waals surface area contributed by atoms with E-state index in [0.717, 1.165) is 9.87 Å². The molecule has 158 valence electrons. The maximum absolute atomic E-state index is 12.7. The molecule has 2 aromatic carbocycles. The Hall–Kier alpha value is -2.76. The SMILES string of the molecule is NS(=O)(=O)c1ccc(CCNC(=O)c2ccc3c(c2)S(=O)(=O)N(C2CC2)C3=O)cc1. The number of nitrogens with zero attached hydrogens (tertiary/aromatic N) is 1. The summed E-state index contributed by atoms with van der Waals surface area (Å²) in [5.74, 6) is -1.01. The molecule has 2 aliphatic rings. The zero-order valence-corrected chi connectivity index (χ0v) is 17.4. The number of nitrogens with two attached hydrogens (primary N) is 1. The lowest BCUT2D eigenvalue weighted by Crippen LogP contribution is -2.32. The van der Waals surface area contributed by atoms with Gasteiger partial charge in [0.1, 0.15) is 4.90 Å². The summed E-state index contributed by atoms with van der Waals surface area (Å²) in [6.07, 6.45) is 1.75. The van der Waals surface area contributed by atoms with Gasteiger partial charge in [-0.2, -0.15) is 0 Å². The van der Waals surface area contributed by atoms with Crippen LogP contribution in [0.25, 0.3) is 0 Å². The first-order valence-corrected chi connectivity index (χ1v) is 12.2. The molecule has 30 heavy (non-hydrogen) atoms. The van der Waals surface area contributed by atoms with Gasteiger partial charge in [0.15, 0.2) is 0 Å². The average molecular weight is 450 g/mol. The Kier molecular flexibility index (Phi) is 4.91. The van der Waals surface area contributed by atoms with Crippen LogP contribution in [0, 0.1) is 0 Å². The van der Waals surface area contributed by atoms with E-state index in [-0.39, 0.29) is 33.5 Å². The van der Waals surface area contributed by atoms with Crippen LogP contribution in [-0.2, 0) is 26.5 Å². The summed E-state index contributed by atoms with van der Waals surface area (Å²) in [7, 11) is -7.68. The third-order valence-corrected chi connectivity index (χ3v) is 7.85. The zero-order chi connectivity index (χ0) is 21.7. The number of hydrogen-bond acceptors (Lipinski definition) is 6. The first-order chi connectivity index (χ1) is 14.1. The number of amides is 2. The van der Waals surface area contributed by atoms with Crippen LogP contribution < -0.4 is 10.5 Å². The standard InChI is InChI=1S/C19H19N3O6S2/c20-29(25,26)15-6-1-12(2-7-15)9-10-21-18(23)13-3-8-16-17(11-13)30(27,28)22(19(16)24)14-4-5-14/h1-3,6-8,11,14H,4-5,9-10H2,(H,21,23)(H2,20,25,26). The molecule has 0 spiro atoms. The van der Waals surface area contributed by atoms with Crippen molar-refractivity contribution in [3.8, 4) is 0 Å². The van der Waals surface area contributed by atoms with E-state index in [0.29, 0.717) is 19.3 Å². The summed E-state index contributed by atoms with van der Waals surface area (Å²) in [6.45, 7) is 0.254. The fourth-order valence-electron chi connectivity index (χ4n) is 3.33. The molecule has 2 amide bonds. The number of benzene rings is 2. The quantitative estimate of drug-likeness (QED) is 0.661. The average Bonchev–Trinajstić information content (AvgIpc) is 3.49. The summed E-state index contributed by atoms with van der Waals surface area (Å²) in [5.41, 5.74) is 1.03. The van der Waals surface area contributed by atoms with E-state index in [1.165, 1.54) is 30.3 Å². The van der Waals surface area contributed by atoms with Crippen LogP contribution >= 0.6 is 0 Å². The second-order valence-corrected chi connectivity index (χ2v) is 10.6. The van der Waals surface area contributed by atoms with Crippen LogP contribution in [0.5, 0.6) is 0 Å². The number of carbonyl (C=O) groups is 2. The minimum absolute atomic E-state index is 0.00410. The van der Waals surface area contributed by atoms with E-state index in [4.69, 9.17) is 5.14 Å². The molecule has 9 nitrogen and oxygen atoms in total. The van der Waals surface area contributed by atoms with Crippen molar-refractivity contribution < 1.29 is 26.4 Å². The van der Waals surface area contributed by atoms with Gasteiger partial charge in [-0.1, -0.05) is 12.1 Å². The number of sulfonamides is 2. The Morgan fingerprint density at radius 1 is 1.13 bits per heavy atom. The van der Waals surface area contributed by atoms with E-state index < -0.39 is 31.9 Å². The predicted octanol–water partition coefficient (Wildman–Crippen LogP) is 0.613. The minimum Gasteiger partial charge on any atom is -0.352 e. The fraction of sp³-hybridized carbons (Fsp3) is 0.263. The van der Waals surface area contributed by atoms with E-state index in [9.17, 15) is 26.4 Å². The molecule has 1 fully saturated rings. The number of nitrogens with one attached hydrogen (secondary N) is 1. The number of hydrogen-bond donors (Lipinski definition) is 2. The van der Waals surface area contributed by atoms with Gasteiger partial charge in [-0.3, -0.25) is 9.59 Å². The van der Waals surface area contributed by atoms with Crippen molar-refractivity contribution in [1.29, 1.82) is 0 Å². The Labute approximate surface area is 174 Å². The Morgan fingerprint density at radius 3 is 2.40 bits per heavy atom. The van der Waals surface area contributed by atoms with Gasteiger partial charge in [0.25, 0.3) is 21.8 Å². The van der Waals surface area contributed by atoms with Crippen molar-refractivity contribution in [3.05, 3.63) is 59.2 Å². The summed E-state index contributed by atoms with van der Waals surface area (Å²) in [4.78, 5) is 24.7. The molecular weight excluding hydrogens is 430 g/mol. The molecule has 0 bridgehead atoms. The van der Waals surface area contributed by atoms with E-state index in [1.807, 2.05) is 0 Å².